The van der Waals surface area contributed by atoms with Gasteiger partial charge < -0.3 is 15.4 Å². The first kappa shape index (κ1) is 20.5. The third-order valence-corrected chi connectivity index (χ3v) is 3.89. The van der Waals surface area contributed by atoms with Crippen LogP contribution in [0.3, 0.4) is 0 Å². The SMILES string of the molecule is CCNC(=NCCCOCC)NC1CC1c1cccc(Cl)c1.I. The lowest BCUT2D eigenvalue weighted by Crippen LogP contribution is -2.39. The van der Waals surface area contributed by atoms with Gasteiger partial charge >= 0.3 is 0 Å². The second-order valence-electron chi connectivity index (χ2n) is 5.46. The number of hydrogen-bond acceptors (Lipinski definition) is 2. The van der Waals surface area contributed by atoms with E-state index in [1.54, 1.807) is 0 Å². The van der Waals surface area contributed by atoms with Crippen molar-refractivity contribution >= 4 is 41.5 Å². The molecule has 1 aromatic rings. The maximum atomic E-state index is 6.06. The van der Waals surface area contributed by atoms with Gasteiger partial charge in [-0.05, 0) is 44.4 Å². The van der Waals surface area contributed by atoms with Gasteiger partial charge in [0, 0.05) is 43.3 Å². The second-order valence-corrected chi connectivity index (χ2v) is 5.90. The quantitative estimate of drug-likeness (QED) is 0.273. The Morgan fingerprint density at radius 3 is 2.91 bits per heavy atom. The zero-order valence-electron chi connectivity index (χ0n) is 13.8. The minimum Gasteiger partial charge on any atom is -0.382 e. The summed E-state index contributed by atoms with van der Waals surface area (Å²) in [6.07, 6.45) is 2.08. The van der Waals surface area contributed by atoms with E-state index < -0.39 is 0 Å². The van der Waals surface area contributed by atoms with Crippen molar-refractivity contribution in [3.8, 4) is 0 Å². The number of nitrogens with zero attached hydrogens (tertiary/aromatic N) is 1. The smallest absolute Gasteiger partial charge is 0.191 e. The first-order valence-electron chi connectivity index (χ1n) is 8.12. The summed E-state index contributed by atoms with van der Waals surface area (Å²) in [4.78, 5) is 4.60. The molecule has 0 aliphatic heterocycles. The van der Waals surface area contributed by atoms with E-state index in [0.717, 1.165) is 50.1 Å². The molecular formula is C17H27ClIN3O. The molecule has 6 heteroatoms. The highest BCUT2D eigenvalue weighted by molar-refractivity contribution is 14.0. The molecule has 1 aliphatic rings. The Hall–Kier alpha value is -0.530. The van der Waals surface area contributed by atoms with Crippen LogP contribution in [0.1, 0.15) is 38.2 Å². The zero-order valence-corrected chi connectivity index (χ0v) is 16.9. The van der Waals surface area contributed by atoms with Crippen LogP contribution in [0.5, 0.6) is 0 Å². The first-order chi connectivity index (χ1) is 10.7. The number of hydrogen-bond donors (Lipinski definition) is 2. The van der Waals surface area contributed by atoms with Crippen molar-refractivity contribution in [2.24, 2.45) is 4.99 Å². The Kier molecular flexibility index (Phi) is 9.90. The number of aliphatic imine (C=N–C) groups is 1. The van der Waals surface area contributed by atoms with Gasteiger partial charge in [0.15, 0.2) is 5.96 Å². The van der Waals surface area contributed by atoms with Crippen molar-refractivity contribution < 1.29 is 4.74 Å². The van der Waals surface area contributed by atoms with Crippen molar-refractivity contribution in [3.63, 3.8) is 0 Å². The standard InChI is InChI=1S/C17H26ClN3O.HI/c1-3-19-17(20-9-6-10-22-4-2)21-16-12-15(16)13-7-5-8-14(18)11-13;/h5,7-8,11,15-16H,3-4,6,9-10,12H2,1-2H3,(H2,19,20,21);1H. The Bertz CT molecular complexity index is 498. The molecule has 2 rings (SSSR count). The minimum atomic E-state index is 0. The highest BCUT2D eigenvalue weighted by Gasteiger charge is 2.39. The third-order valence-electron chi connectivity index (χ3n) is 3.65. The molecule has 130 valence electrons. The van der Waals surface area contributed by atoms with Gasteiger partial charge in [-0.3, -0.25) is 4.99 Å². The molecule has 2 unspecified atom stereocenters. The van der Waals surface area contributed by atoms with Crippen LogP contribution in [0.4, 0.5) is 0 Å². The Balaban J connectivity index is 0.00000264. The summed E-state index contributed by atoms with van der Waals surface area (Å²) in [7, 11) is 0. The Morgan fingerprint density at radius 2 is 2.22 bits per heavy atom. The topological polar surface area (TPSA) is 45.7 Å². The molecule has 0 radical (unpaired) electrons. The lowest BCUT2D eigenvalue weighted by molar-refractivity contribution is 0.146. The third kappa shape index (κ3) is 7.27. The molecular weight excluding hydrogens is 425 g/mol. The summed E-state index contributed by atoms with van der Waals surface area (Å²) < 4.78 is 5.33. The van der Waals surface area contributed by atoms with Crippen molar-refractivity contribution in [2.75, 3.05) is 26.3 Å². The molecule has 0 spiro atoms. The van der Waals surface area contributed by atoms with Crippen molar-refractivity contribution in [1.82, 2.24) is 10.6 Å². The predicted molar refractivity (Wildman–Crippen MR) is 108 cm³/mol. The van der Waals surface area contributed by atoms with E-state index in [9.17, 15) is 0 Å². The molecule has 1 fully saturated rings. The summed E-state index contributed by atoms with van der Waals surface area (Å²) in [6.45, 7) is 7.28. The number of halogens is 2. The molecule has 1 aliphatic carbocycles. The van der Waals surface area contributed by atoms with Crippen LogP contribution in [-0.2, 0) is 4.74 Å². The van der Waals surface area contributed by atoms with E-state index in [4.69, 9.17) is 16.3 Å². The highest BCUT2D eigenvalue weighted by atomic mass is 127. The van der Waals surface area contributed by atoms with Crippen LogP contribution < -0.4 is 10.6 Å². The van der Waals surface area contributed by atoms with Crippen LogP contribution in [0.25, 0.3) is 0 Å². The van der Waals surface area contributed by atoms with Gasteiger partial charge in [0.25, 0.3) is 0 Å². The second kappa shape index (κ2) is 11.1. The normalized spacial score (nSPS) is 19.9. The number of guanidine groups is 1. The van der Waals surface area contributed by atoms with E-state index in [2.05, 4.69) is 34.7 Å². The minimum absolute atomic E-state index is 0. The van der Waals surface area contributed by atoms with Gasteiger partial charge in [-0.25, -0.2) is 0 Å². The lowest BCUT2D eigenvalue weighted by Gasteiger charge is -2.11. The van der Waals surface area contributed by atoms with Crippen molar-refractivity contribution in [2.45, 2.75) is 38.6 Å². The molecule has 2 N–H and O–H groups in total. The van der Waals surface area contributed by atoms with E-state index in [0.29, 0.717) is 12.0 Å². The van der Waals surface area contributed by atoms with Crippen LogP contribution in [-0.4, -0.2) is 38.3 Å². The zero-order chi connectivity index (χ0) is 15.8. The lowest BCUT2D eigenvalue weighted by atomic mass is 10.1. The van der Waals surface area contributed by atoms with Crippen molar-refractivity contribution in [3.05, 3.63) is 34.9 Å². The van der Waals surface area contributed by atoms with E-state index in [1.165, 1.54) is 5.56 Å². The summed E-state index contributed by atoms with van der Waals surface area (Å²) in [5.74, 6) is 1.43. The number of ether oxygens (including phenoxy) is 1. The Labute approximate surface area is 161 Å². The average Bonchev–Trinajstić information content (AvgIpc) is 3.26. The van der Waals surface area contributed by atoms with Gasteiger partial charge in [-0.2, -0.15) is 0 Å². The number of rotatable bonds is 8. The van der Waals surface area contributed by atoms with Gasteiger partial charge in [0.2, 0.25) is 0 Å². The summed E-state index contributed by atoms with van der Waals surface area (Å²) >= 11 is 6.06. The monoisotopic (exact) mass is 451 g/mol. The summed E-state index contributed by atoms with van der Waals surface area (Å²) in [6, 6.07) is 8.58. The van der Waals surface area contributed by atoms with Gasteiger partial charge in [-0.1, -0.05) is 23.7 Å². The number of benzene rings is 1. The van der Waals surface area contributed by atoms with Crippen LogP contribution in [0, 0.1) is 0 Å². The fraction of sp³-hybridized carbons (Fsp3) is 0.588. The largest absolute Gasteiger partial charge is 0.382 e. The maximum Gasteiger partial charge on any atom is 0.191 e. The van der Waals surface area contributed by atoms with E-state index >= 15 is 0 Å². The molecule has 2 atom stereocenters. The molecule has 23 heavy (non-hydrogen) atoms. The summed E-state index contributed by atoms with van der Waals surface area (Å²) in [5, 5.41) is 7.61. The molecule has 1 aromatic carbocycles. The van der Waals surface area contributed by atoms with Crippen LogP contribution in [0.2, 0.25) is 5.02 Å². The number of nitrogens with one attached hydrogen (secondary N) is 2. The fourth-order valence-electron chi connectivity index (χ4n) is 2.46. The Morgan fingerprint density at radius 1 is 1.39 bits per heavy atom. The first-order valence-corrected chi connectivity index (χ1v) is 8.50. The molecule has 0 saturated heterocycles. The molecule has 0 amide bonds. The molecule has 0 aromatic heterocycles. The van der Waals surface area contributed by atoms with E-state index in [1.807, 2.05) is 19.1 Å². The molecule has 1 saturated carbocycles. The predicted octanol–water partition coefficient (Wildman–Crippen LogP) is 3.80. The van der Waals surface area contributed by atoms with Gasteiger partial charge in [-0.15, -0.1) is 24.0 Å². The fourth-order valence-corrected chi connectivity index (χ4v) is 2.66. The van der Waals surface area contributed by atoms with Crippen molar-refractivity contribution in [1.29, 1.82) is 0 Å². The summed E-state index contributed by atoms with van der Waals surface area (Å²) in [5.41, 5.74) is 1.30. The van der Waals surface area contributed by atoms with Crippen LogP contribution >= 0.6 is 35.6 Å². The highest BCUT2D eigenvalue weighted by Crippen LogP contribution is 2.41. The average molecular weight is 452 g/mol. The van der Waals surface area contributed by atoms with E-state index in [-0.39, 0.29) is 24.0 Å². The molecule has 0 heterocycles. The molecule has 4 nitrogen and oxygen atoms in total. The van der Waals surface area contributed by atoms with Gasteiger partial charge in [0.05, 0.1) is 0 Å². The molecule has 0 bridgehead atoms. The van der Waals surface area contributed by atoms with Gasteiger partial charge in [0.1, 0.15) is 0 Å². The van der Waals surface area contributed by atoms with Crippen LogP contribution in [0.15, 0.2) is 29.3 Å². The maximum absolute atomic E-state index is 6.06.